The Morgan fingerprint density at radius 1 is 0.974 bits per heavy atom. The first-order chi connectivity index (χ1) is 18.5. The summed E-state index contributed by atoms with van der Waals surface area (Å²) in [6.07, 6.45) is 3.40. The fraction of sp³-hybridized carbons (Fsp3) is 0.393. The van der Waals surface area contributed by atoms with Crippen molar-refractivity contribution in [3.8, 4) is 11.5 Å². The molecule has 5 atom stereocenters. The summed E-state index contributed by atoms with van der Waals surface area (Å²) < 4.78 is 5.91. The number of nitrogens with zero attached hydrogens (tertiary/aromatic N) is 1. The van der Waals surface area contributed by atoms with Crippen LogP contribution in [0.15, 0.2) is 65.2 Å². The quantitative estimate of drug-likeness (QED) is 0.453. The summed E-state index contributed by atoms with van der Waals surface area (Å²) in [5, 5.41) is 12.7. The van der Waals surface area contributed by atoms with Crippen LogP contribution in [-0.4, -0.2) is 47.9 Å². The molecule has 3 unspecified atom stereocenters. The smallest absolute Gasteiger partial charge is 0.326 e. The Balaban J connectivity index is 1.21. The molecule has 6 rings (SSSR count). The van der Waals surface area contributed by atoms with Gasteiger partial charge in [-0.2, -0.15) is 0 Å². The van der Waals surface area contributed by atoms with E-state index >= 15 is 0 Å². The number of urea groups is 1. The molecule has 0 spiro atoms. The molecular formula is C28H31N5O4S. The monoisotopic (exact) mass is 533 g/mol. The van der Waals surface area contributed by atoms with Crippen molar-refractivity contribution in [2.24, 2.45) is 5.92 Å². The Labute approximate surface area is 225 Å². The predicted molar refractivity (Wildman–Crippen MR) is 146 cm³/mol. The Hall–Kier alpha value is -3.50. The molecule has 4 aliphatic rings. The maximum absolute atomic E-state index is 13.4. The lowest BCUT2D eigenvalue weighted by molar-refractivity contribution is -0.121. The highest BCUT2D eigenvalue weighted by Crippen LogP contribution is 2.48. The molecule has 9 nitrogen and oxygen atoms in total. The topological polar surface area (TPSA) is 112 Å². The molecule has 3 aliphatic heterocycles. The zero-order valence-electron chi connectivity index (χ0n) is 21.1. The summed E-state index contributed by atoms with van der Waals surface area (Å²) in [6.45, 7) is 2.26. The Bertz CT molecular complexity index is 1270. The molecule has 2 aromatic rings. The number of benzene rings is 2. The minimum Gasteiger partial charge on any atom is -0.457 e. The molecule has 4 amide bonds. The number of piperidine rings is 1. The third kappa shape index (κ3) is 4.74. The normalized spacial score (nSPS) is 28.0. The third-order valence-corrected chi connectivity index (χ3v) is 9.02. The van der Waals surface area contributed by atoms with Gasteiger partial charge in [-0.1, -0.05) is 30.0 Å². The van der Waals surface area contributed by atoms with Gasteiger partial charge in [0.05, 0.1) is 16.3 Å². The molecule has 10 heteroatoms. The largest absolute Gasteiger partial charge is 0.457 e. The van der Waals surface area contributed by atoms with Gasteiger partial charge in [0.25, 0.3) is 5.91 Å². The van der Waals surface area contributed by atoms with Gasteiger partial charge in [0.15, 0.2) is 0 Å². The van der Waals surface area contributed by atoms with Gasteiger partial charge in [-0.15, -0.1) is 0 Å². The minimum atomic E-state index is -0.233. The molecule has 2 aromatic carbocycles. The molecule has 0 bridgehead atoms. The van der Waals surface area contributed by atoms with E-state index in [1.807, 2.05) is 59.5 Å². The van der Waals surface area contributed by atoms with Crippen molar-refractivity contribution in [1.82, 2.24) is 21.3 Å². The fourth-order valence-electron chi connectivity index (χ4n) is 6.02. The summed E-state index contributed by atoms with van der Waals surface area (Å²) in [4.78, 5) is 40.8. The second kappa shape index (κ2) is 10.3. The van der Waals surface area contributed by atoms with Crippen molar-refractivity contribution < 1.29 is 19.1 Å². The predicted octanol–water partition coefficient (Wildman–Crippen LogP) is 3.44. The van der Waals surface area contributed by atoms with Gasteiger partial charge < -0.3 is 26.0 Å². The first kappa shape index (κ1) is 24.8. The van der Waals surface area contributed by atoms with Gasteiger partial charge in [-0.25, -0.2) is 4.79 Å². The molecule has 2 saturated heterocycles. The van der Waals surface area contributed by atoms with E-state index < -0.39 is 0 Å². The van der Waals surface area contributed by atoms with Gasteiger partial charge in [0.1, 0.15) is 11.5 Å². The molecule has 1 aliphatic carbocycles. The highest BCUT2D eigenvalue weighted by atomic mass is 32.2. The summed E-state index contributed by atoms with van der Waals surface area (Å²) in [5.74, 6) is 1.15. The lowest BCUT2D eigenvalue weighted by Gasteiger charge is -2.45. The number of ether oxygens (including phenoxy) is 1. The van der Waals surface area contributed by atoms with Crippen LogP contribution in [0.5, 0.6) is 11.5 Å². The zero-order chi connectivity index (χ0) is 26.2. The number of carbonyl (C=O) groups excluding carboxylic acids is 3. The van der Waals surface area contributed by atoms with E-state index in [4.69, 9.17) is 4.74 Å². The second-order valence-electron chi connectivity index (χ2n) is 10.1. The van der Waals surface area contributed by atoms with Crippen LogP contribution in [0.1, 0.15) is 32.6 Å². The molecule has 1 saturated carbocycles. The van der Waals surface area contributed by atoms with E-state index in [0.717, 1.165) is 43.7 Å². The van der Waals surface area contributed by atoms with Gasteiger partial charge in [-0.3, -0.25) is 14.5 Å². The molecule has 198 valence electrons. The van der Waals surface area contributed by atoms with Crippen LogP contribution in [0.25, 0.3) is 0 Å². The number of rotatable bonds is 6. The van der Waals surface area contributed by atoms with E-state index in [0.29, 0.717) is 16.4 Å². The average molecular weight is 534 g/mol. The number of para-hydroxylation sites is 1. The van der Waals surface area contributed by atoms with Crippen molar-refractivity contribution >= 4 is 35.3 Å². The number of thioether (sulfide) groups is 1. The van der Waals surface area contributed by atoms with Gasteiger partial charge in [0.2, 0.25) is 5.91 Å². The first-order valence-electron chi connectivity index (χ1n) is 13.1. The summed E-state index contributed by atoms with van der Waals surface area (Å²) in [7, 11) is 0. The van der Waals surface area contributed by atoms with Crippen molar-refractivity contribution in [2.75, 3.05) is 11.4 Å². The molecule has 0 aromatic heterocycles. The van der Waals surface area contributed by atoms with E-state index in [9.17, 15) is 14.4 Å². The molecule has 3 heterocycles. The van der Waals surface area contributed by atoms with Gasteiger partial charge >= 0.3 is 6.03 Å². The maximum Gasteiger partial charge on any atom is 0.326 e. The molecule has 3 fully saturated rings. The first-order valence-corrected chi connectivity index (χ1v) is 14.0. The highest BCUT2D eigenvalue weighted by Gasteiger charge is 2.52. The van der Waals surface area contributed by atoms with Crippen molar-refractivity contribution in [3.05, 3.63) is 65.2 Å². The van der Waals surface area contributed by atoms with E-state index in [1.54, 1.807) is 0 Å². The number of hydrogen-bond acceptors (Lipinski definition) is 6. The van der Waals surface area contributed by atoms with Crippen molar-refractivity contribution in [2.45, 2.75) is 56.1 Å². The zero-order valence-corrected chi connectivity index (χ0v) is 21.9. The van der Waals surface area contributed by atoms with E-state index in [1.165, 1.54) is 18.7 Å². The van der Waals surface area contributed by atoms with Crippen LogP contribution in [-0.2, 0) is 9.59 Å². The second-order valence-corrected chi connectivity index (χ2v) is 11.3. The Morgan fingerprint density at radius 2 is 1.68 bits per heavy atom. The maximum atomic E-state index is 13.4. The lowest BCUT2D eigenvalue weighted by atomic mass is 9.86. The molecule has 0 radical (unpaired) electrons. The van der Waals surface area contributed by atoms with Crippen molar-refractivity contribution in [1.29, 1.82) is 0 Å². The van der Waals surface area contributed by atoms with Crippen LogP contribution in [0.4, 0.5) is 10.5 Å². The molecule has 4 N–H and O–H groups in total. The lowest BCUT2D eigenvalue weighted by Crippen LogP contribution is -2.62. The van der Waals surface area contributed by atoms with Crippen LogP contribution in [0, 0.1) is 5.92 Å². The minimum absolute atomic E-state index is 0.00278. The average Bonchev–Trinajstić information content (AvgIpc) is 3.50. The van der Waals surface area contributed by atoms with Gasteiger partial charge in [0, 0.05) is 36.3 Å². The van der Waals surface area contributed by atoms with Gasteiger partial charge in [-0.05, 0) is 68.6 Å². The van der Waals surface area contributed by atoms with E-state index in [-0.39, 0.29) is 47.3 Å². The van der Waals surface area contributed by atoms with Crippen molar-refractivity contribution in [3.63, 3.8) is 0 Å². The third-order valence-electron chi connectivity index (χ3n) is 7.66. The number of amides is 4. The molecular weight excluding hydrogens is 502 g/mol. The Morgan fingerprint density at radius 3 is 2.42 bits per heavy atom. The summed E-state index contributed by atoms with van der Waals surface area (Å²) in [6, 6.07) is 16.6. The van der Waals surface area contributed by atoms with Crippen LogP contribution in [0.2, 0.25) is 0 Å². The van der Waals surface area contributed by atoms with Crippen LogP contribution >= 0.6 is 11.8 Å². The summed E-state index contributed by atoms with van der Waals surface area (Å²) >= 11 is 1.49. The SMILES string of the molecule is CC(=O)N[C@H]1CCC[C@H]1NC(=O)C1=C2NC(=O)N(c3ccc(Oc4ccccc4)cc3)C3CCNC(S1)C23. The number of carbonyl (C=O) groups is 3. The number of anilines is 1. The van der Waals surface area contributed by atoms with Crippen LogP contribution in [0.3, 0.4) is 0 Å². The Kier molecular flexibility index (Phi) is 6.75. The summed E-state index contributed by atoms with van der Waals surface area (Å²) in [5.41, 5.74) is 1.49. The van der Waals surface area contributed by atoms with E-state index in [2.05, 4.69) is 21.3 Å². The number of hydrogen-bond donors (Lipinski definition) is 4. The van der Waals surface area contributed by atoms with Crippen LogP contribution < -0.4 is 30.9 Å². The highest BCUT2D eigenvalue weighted by molar-refractivity contribution is 8.04. The standard InChI is InChI=1S/C28H31N5O4S/c1-16(34)30-20-8-5-9-21(20)31-26(35)25-24-23-22(14-15-29-27(23)38-25)33(28(36)32-24)17-10-12-19(13-11-17)37-18-6-3-2-4-7-18/h2-4,6-7,10-13,20-23,27,29H,5,8-9,14-15H2,1H3,(H,30,34)(H,31,35)(H,32,36)/t20-,21+,22?,23?,27?/m0/s1. The fourth-order valence-corrected chi connectivity index (χ4v) is 7.42. The number of nitrogens with one attached hydrogen (secondary N) is 4. The molecule has 38 heavy (non-hydrogen) atoms.